The maximum Gasteiger partial charge on any atom is 0.115 e. The van der Waals surface area contributed by atoms with Gasteiger partial charge in [0.2, 0.25) is 0 Å². The van der Waals surface area contributed by atoms with Gasteiger partial charge in [0.25, 0.3) is 0 Å². The Morgan fingerprint density at radius 3 is 3.00 bits per heavy atom. The van der Waals surface area contributed by atoms with Gasteiger partial charge in [-0.05, 0) is 60.0 Å². The topological polar surface area (TPSA) is 36.6 Å². The zero-order valence-electron chi connectivity index (χ0n) is 13.2. The smallest absolute Gasteiger partial charge is 0.115 e. The van der Waals surface area contributed by atoms with Crippen molar-refractivity contribution in [2.45, 2.75) is 44.7 Å². The fourth-order valence-corrected chi connectivity index (χ4v) is 4.51. The van der Waals surface area contributed by atoms with Crippen LogP contribution in [0.15, 0.2) is 41.2 Å². The summed E-state index contributed by atoms with van der Waals surface area (Å²) in [6.45, 7) is 6.82. The number of hydrogen-bond acceptors (Lipinski definition) is 3. The molecular weight excluding hydrogens is 274 g/mol. The van der Waals surface area contributed by atoms with Gasteiger partial charge in [-0.1, -0.05) is 19.9 Å². The Bertz CT molecular complexity index is 679. The lowest BCUT2D eigenvalue weighted by Gasteiger charge is -2.54. The molecule has 1 fully saturated rings. The van der Waals surface area contributed by atoms with Crippen molar-refractivity contribution >= 4 is 0 Å². The highest BCUT2D eigenvalue weighted by Crippen LogP contribution is 2.49. The van der Waals surface area contributed by atoms with E-state index in [4.69, 9.17) is 4.42 Å². The van der Waals surface area contributed by atoms with E-state index in [1.807, 2.05) is 18.4 Å². The molecule has 1 aromatic carbocycles. The van der Waals surface area contributed by atoms with E-state index in [0.29, 0.717) is 17.7 Å². The molecule has 1 saturated heterocycles. The number of rotatable bonds is 2. The van der Waals surface area contributed by atoms with Crippen LogP contribution < -0.4 is 0 Å². The molecule has 116 valence electrons. The predicted octanol–water partition coefficient (Wildman–Crippen LogP) is 3.71. The molecule has 2 heterocycles. The molecule has 0 radical (unpaired) electrons. The molecule has 3 heteroatoms. The van der Waals surface area contributed by atoms with Crippen molar-refractivity contribution in [3.8, 4) is 5.75 Å². The van der Waals surface area contributed by atoms with Crippen LogP contribution in [-0.4, -0.2) is 22.6 Å². The number of fused-ring (bicyclic) bond motifs is 4. The van der Waals surface area contributed by atoms with Gasteiger partial charge in [-0.25, -0.2) is 0 Å². The average Bonchev–Trinajstić information content (AvgIpc) is 3.00. The highest BCUT2D eigenvalue weighted by Gasteiger charge is 2.48. The van der Waals surface area contributed by atoms with Gasteiger partial charge >= 0.3 is 0 Å². The maximum atomic E-state index is 9.89. The molecule has 3 atom stereocenters. The lowest BCUT2D eigenvalue weighted by atomic mass is 9.59. The Labute approximate surface area is 131 Å². The number of piperidine rings is 1. The van der Waals surface area contributed by atoms with Gasteiger partial charge in [-0.3, -0.25) is 4.90 Å². The van der Waals surface area contributed by atoms with E-state index < -0.39 is 0 Å². The quantitative estimate of drug-likeness (QED) is 0.918. The van der Waals surface area contributed by atoms with Crippen molar-refractivity contribution in [2.24, 2.45) is 5.92 Å². The maximum absolute atomic E-state index is 9.89. The van der Waals surface area contributed by atoms with E-state index in [0.717, 1.165) is 25.9 Å². The Hall–Kier alpha value is -1.74. The molecule has 1 N–H and O–H groups in total. The predicted molar refractivity (Wildman–Crippen MR) is 85.8 cm³/mol. The van der Waals surface area contributed by atoms with E-state index >= 15 is 0 Å². The lowest BCUT2D eigenvalue weighted by Crippen LogP contribution is -2.57. The van der Waals surface area contributed by atoms with Crippen LogP contribution in [0.4, 0.5) is 0 Å². The standard InChI is InChI=1S/C19H23NO2/c1-13-18-9-15-3-4-16(21)10-17(15)19(13,2)6-7-20(18)11-14-5-8-22-12-14/h3-5,8,10,12-13,18,21H,6-7,9,11H2,1-2H3. The Morgan fingerprint density at radius 2 is 2.23 bits per heavy atom. The van der Waals surface area contributed by atoms with Crippen LogP contribution in [0.5, 0.6) is 5.75 Å². The van der Waals surface area contributed by atoms with Gasteiger partial charge in [0.1, 0.15) is 5.75 Å². The summed E-state index contributed by atoms with van der Waals surface area (Å²) < 4.78 is 5.22. The van der Waals surface area contributed by atoms with Crippen LogP contribution >= 0.6 is 0 Å². The van der Waals surface area contributed by atoms with Crippen molar-refractivity contribution in [1.82, 2.24) is 4.90 Å². The van der Waals surface area contributed by atoms with E-state index in [2.05, 4.69) is 30.9 Å². The average molecular weight is 297 g/mol. The molecule has 3 unspecified atom stereocenters. The van der Waals surface area contributed by atoms with Gasteiger partial charge in [0, 0.05) is 18.2 Å². The van der Waals surface area contributed by atoms with Crippen LogP contribution in [0.1, 0.15) is 37.0 Å². The number of phenolic OH excluding ortho intramolecular Hbond substituents is 1. The number of aromatic hydroxyl groups is 1. The zero-order chi connectivity index (χ0) is 15.3. The highest BCUT2D eigenvalue weighted by molar-refractivity contribution is 5.44. The third-order valence-electron chi connectivity index (χ3n) is 6.07. The second-order valence-corrected chi connectivity index (χ2v) is 7.17. The van der Waals surface area contributed by atoms with Crippen LogP contribution in [0, 0.1) is 5.92 Å². The molecule has 4 rings (SSSR count). The normalized spacial score (nSPS) is 31.0. The van der Waals surface area contributed by atoms with Crippen molar-refractivity contribution in [1.29, 1.82) is 0 Å². The molecule has 1 aromatic heterocycles. The third-order valence-corrected chi connectivity index (χ3v) is 6.07. The summed E-state index contributed by atoms with van der Waals surface area (Å²) >= 11 is 0. The van der Waals surface area contributed by atoms with Crippen molar-refractivity contribution in [3.05, 3.63) is 53.5 Å². The zero-order valence-corrected chi connectivity index (χ0v) is 13.2. The SMILES string of the molecule is CC1C2Cc3ccc(O)cc3C1(C)CCN2Cc1ccoc1. The van der Waals surface area contributed by atoms with Crippen LogP contribution in [0.2, 0.25) is 0 Å². The van der Waals surface area contributed by atoms with Crippen molar-refractivity contribution < 1.29 is 9.52 Å². The Morgan fingerprint density at radius 1 is 1.36 bits per heavy atom. The Balaban J connectivity index is 1.69. The second-order valence-electron chi connectivity index (χ2n) is 7.17. The van der Waals surface area contributed by atoms with Crippen molar-refractivity contribution in [3.63, 3.8) is 0 Å². The number of benzene rings is 1. The van der Waals surface area contributed by atoms with E-state index in [9.17, 15) is 5.11 Å². The second kappa shape index (κ2) is 4.88. The molecule has 22 heavy (non-hydrogen) atoms. The molecule has 2 aliphatic rings. The van der Waals surface area contributed by atoms with Gasteiger partial charge in [0.15, 0.2) is 0 Å². The van der Waals surface area contributed by atoms with Gasteiger partial charge in [0.05, 0.1) is 12.5 Å². The summed E-state index contributed by atoms with van der Waals surface area (Å²) in [6, 6.07) is 8.56. The lowest BCUT2D eigenvalue weighted by molar-refractivity contribution is 0.0257. The first-order valence-corrected chi connectivity index (χ1v) is 8.15. The number of likely N-dealkylation sites (tertiary alicyclic amines) is 1. The fourth-order valence-electron chi connectivity index (χ4n) is 4.51. The van der Waals surface area contributed by atoms with Gasteiger partial charge in [-0.15, -0.1) is 0 Å². The van der Waals surface area contributed by atoms with Crippen LogP contribution in [-0.2, 0) is 18.4 Å². The Kier molecular flexibility index (Phi) is 3.08. The summed E-state index contributed by atoms with van der Waals surface area (Å²) in [7, 11) is 0. The molecule has 1 aliphatic carbocycles. The number of furan rings is 1. The number of hydrogen-bond donors (Lipinski definition) is 1. The highest BCUT2D eigenvalue weighted by atomic mass is 16.3. The van der Waals surface area contributed by atoms with Crippen LogP contribution in [0.25, 0.3) is 0 Å². The summed E-state index contributed by atoms with van der Waals surface area (Å²) in [5.41, 5.74) is 4.19. The number of nitrogens with zero attached hydrogens (tertiary/aromatic N) is 1. The molecule has 0 saturated carbocycles. The molecule has 1 aliphatic heterocycles. The fraction of sp³-hybridized carbons (Fsp3) is 0.474. The minimum absolute atomic E-state index is 0.171. The molecule has 2 bridgehead atoms. The molecule has 0 spiro atoms. The summed E-state index contributed by atoms with van der Waals surface area (Å²) in [6.07, 6.45) is 5.82. The summed E-state index contributed by atoms with van der Waals surface area (Å²) in [5.74, 6) is 0.980. The van der Waals surface area contributed by atoms with E-state index in [1.165, 1.54) is 16.7 Å². The minimum Gasteiger partial charge on any atom is -0.508 e. The van der Waals surface area contributed by atoms with E-state index in [1.54, 1.807) is 6.26 Å². The number of phenols is 1. The molecular formula is C19H23NO2. The minimum atomic E-state index is 0.171. The van der Waals surface area contributed by atoms with E-state index in [-0.39, 0.29) is 5.41 Å². The third kappa shape index (κ3) is 1.99. The monoisotopic (exact) mass is 297 g/mol. The first kappa shape index (κ1) is 13.9. The summed E-state index contributed by atoms with van der Waals surface area (Å²) in [4.78, 5) is 2.60. The summed E-state index contributed by atoms with van der Waals surface area (Å²) in [5, 5.41) is 9.89. The van der Waals surface area contributed by atoms with Crippen molar-refractivity contribution in [2.75, 3.05) is 6.54 Å². The first-order valence-electron chi connectivity index (χ1n) is 8.15. The van der Waals surface area contributed by atoms with Gasteiger partial charge < -0.3 is 9.52 Å². The molecule has 0 amide bonds. The van der Waals surface area contributed by atoms with Crippen LogP contribution in [0.3, 0.4) is 0 Å². The molecule has 2 aromatic rings. The largest absolute Gasteiger partial charge is 0.508 e. The first-order chi connectivity index (χ1) is 10.6. The molecule has 3 nitrogen and oxygen atoms in total. The van der Waals surface area contributed by atoms with Gasteiger partial charge in [-0.2, -0.15) is 0 Å².